The van der Waals surface area contributed by atoms with Crippen molar-refractivity contribution in [3.63, 3.8) is 0 Å². The summed E-state index contributed by atoms with van der Waals surface area (Å²) in [5.74, 6) is 2.25. The van der Waals surface area contributed by atoms with Gasteiger partial charge < -0.3 is 14.4 Å². The summed E-state index contributed by atoms with van der Waals surface area (Å²) in [4.78, 5) is 19.6. The Kier molecular flexibility index (Phi) is 6.15. The van der Waals surface area contributed by atoms with Gasteiger partial charge in [0.15, 0.2) is 5.82 Å². The maximum Gasteiger partial charge on any atom is 0.242 e. The van der Waals surface area contributed by atoms with E-state index >= 15 is 0 Å². The minimum absolute atomic E-state index is 0.0844. The first kappa shape index (κ1) is 20.6. The number of likely N-dealkylation sites (tertiary alicyclic amines) is 1. The SMILES string of the molecule is CCC(C(=O)Nc1cc(C)on1)N1CCCC(c2nc(-c3ccc(Cl)cc3)no2)C1. The van der Waals surface area contributed by atoms with Crippen molar-refractivity contribution in [2.75, 3.05) is 18.4 Å². The molecule has 9 heteroatoms. The number of carbonyl (C=O) groups excluding carboxylic acids is 1. The minimum atomic E-state index is -0.261. The Bertz CT molecular complexity index is 1000. The van der Waals surface area contributed by atoms with E-state index in [0.717, 1.165) is 24.9 Å². The molecular weight excluding hydrogens is 406 g/mol. The van der Waals surface area contributed by atoms with Gasteiger partial charge >= 0.3 is 0 Å². The predicted molar refractivity (Wildman–Crippen MR) is 112 cm³/mol. The number of benzene rings is 1. The number of hydrogen-bond donors (Lipinski definition) is 1. The molecule has 0 bridgehead atoms. The van der Waals surface area contributed by atoms with Crippen LogP contribution in [0.2, 0.25) is 5.02 Å². The summed E-state index contributed by atoms with van der Waals surface area (Å²) in [7, 11) is 0. The number of rotatable bonds is 6. The molecule has 158 valence electrons. The van der Waals surface area contributed by atoms with Crippen LogP contribution in [-0.4, -0.2) is 45.2 Å². The van der Waals surface area contributed by atoms with Gasteiger partial charge in [0.2, 0.25) is 17.6 Å². The molecule has 4 rings (SSSR count). The van der Waals surface area contributed by atoms with Crippen molar-refractivity contribution >= 4 is 23.3 Å². The molecule has 1 N–H and O–H groups in total. The highest BCUT2D eigenvalue weighted by Gasteiger charge is 2.32. The van der Waals surface area contributed by atoms with E-state index in [-0.39, 0.29) is 17.9 Å². The number of nitrogens with one attached hydrogen (secondary N) is 1. The van der Waals surface area contributed by atoms with Gasteiger partial charge in [0, 0.05) is 23.2 Å². The first-order valence-corrected chi connectivity index (χ1v) is 10.5. The van der Waals surface area contributed by atoms with Gasteiger partial charge in [-0.3, -0.25) is 9.69 Å². The Hall–Kier alpha value is -2.71. The normalized spacial score (nSPS) is 18.3. The van der Waals surface area contributed by atoms with Crippen LogP contribution in [0, 0.1) is 6.92 Å². The van der Waals surface area contributed by atoms with Crippen LogP contribution in [0.15, 0.2) is 39.4 Å². The van der Waals surface area contributed by atoms with Crippen LogP contribution in [-0.2, 0) is 4.79 Å². The molecule has 3 heterocycles. The molecule has 1 aliphatic rings. The summed E-state index contributed by atoms with van der Waals surface area (Å²) in [5.41, 5.74) is 0.857. The molecule has 2 unspecified atom stereocenters. The van der Waals surface area contributed by atoms with E-state index in [2.05, 4.69) is 25.5 Å². The number of aryl methyl sites for hydroxylation is 1. The molecule has 1 aromatic carbocycles. The van der Waals surface area contributed by atoms with E-state index in [1.54, 1.807) is 25.1 Å². The van der Waals surface area contributed by atoms with E-state index < -0.39 is 0 Å². The summed E-state index contributed by atoms with van der Waals surface area (Å²) in [5, 5.41) is 11.5. The topological polar surface area (TPSA) is 97.3 Å². The van der Waals surface area contributed by atoms with Gasteiger partial charge in [0.05, 0.1) is 12.0 Å². The lowest BCUT2D eigenvalue weighted by molar-refractivity contribution is -0.122. The van der Waals surface area contributed by atoms with E-state index in [0.29, 0.717) is 41.3 Å². The summed E-state index contributed by atoms with van der Waals surface area (Å²) < 4.78 is 10.6. The maximum atomic E-state index is 12.8. The third-order valence-corrected chi connectivity index (χ3v) is 5.61. The Balaban J connectivity index is 1.44. The molecule has 1 saturated heterocycles. The van der Waals surface area contributed by atoms with Gasteiger partial charge in [-0.2, -0.15) is 4.98 Å². The Labute approximate surface area is 179 Å². The number of hydrogen-bond acceptors (Lipinski definition) is 7. The average molecular weight is 430 g/mol. The molecule has 0 aliphatic carbocycles. The highest BCUT2D eigenvalue weighted by Crippen LogP contribution is 2.29. The Morgan fingerprint density at radius 1 is 1.30 bits per heavy atom. The second kappa shape index (κ2) is 8.97. The zero-order chi connectivity index (χ0) is 21.1. The summed E-state index contributed by atoms with van der Waals surface area (Å²) in [6.07, 6.45) is 2.59. The highest BCUT2D eigenvalue weighted by atomic mass is 35.5. The number of carbonyl (C=O) groups is 1. The number of nitrogens with zero attached hydrogens (tertiary/aromatic N) is 4. The fourth-order valence-electron chi connectivity index (χ4n) is 3.85. The molecule has 8 nitrogen and oxygen atoms in total. The molecule has 1 aliphatic heterocycles. The summed E-state index contributed by atoms with van der Waals surface area (Å²) in [6, 6.07) is 8.79. The number of anilines is 1. The second-order valence-electron chi connectivity index (χ2n) is 7.53. The van der Waals surface area contributed by atoms with Crippen molar-refractivity contribution in [1.29, 1.82) is 0 Å². The molecule has 30 heavy (non-hydrogen) atoms. The molecule has 0 saturated carbocycles. The first-order chi connectivity index (χ1) is 14.5. The second-order valence-corrected chi connectivity index (χ2v) is 7.97. The highest BCUT2D eigenvalue weighted by molar-refractivity contribution is 6.30. The monoisotopic (exact) mass is 429 g/mol. The first-order valence-electron chi connectivity index (χ1n) is 10.1. The lowest BCUT2D eigenvalue weighted by Crippen LogP contribution is -2.48. The average Bonchev–Trinajstić information content (AvgIpc) is 3.39. The maximum absolute atomic E-state index is 12.8. The molecule has 1 amide bonds. The minimum Gasteiger partial charge on any atom is -0.360 e. The largest absolute Gasteiger partial charge is 0.360 e. The van der Waals surface area contributed by atoms with Crippen molar-refractivity contribution in [3.05, 3.63) is 47.0 Å². The van der Waals surface area contributed by atoms with Crippen LogP contribution >= 0.6 is 11.6 Å². The zero-order valence-corrected chi connectivity index (χ0v) is 17.7. The Morgan fingerprint density at radius 2 is 2.10 bits per heavy atom. The molecule has 2 atom stereocenters. The number of halogens is 1. The van der Waals surface area contributed by atoms with Crippen LogP contribution in [0.4, 0.5) is 5.82 Å². The standard InChI is InChI=1S/C21H24ClN5O3/c1-3-17(20(28)23-18-11-13(2)29-25-18)27-10-4-5-15(12-27)21-24-19(26-30-21)14-6-8-16(22)9-7-14/h6-9,11,15,17H,3-5,10,12H2,1-2H3,(H,23,25,28). The lowest BCUT2D eigenvalue weighted by atomic mass is 9.95. The molecule has 0 radical (unpaired) electrons. The van der Waals surface area contributed by atoms with Gasteiger partial charge in [-0.05, 0) is 57.0 Å². The number of aromatic nitrogens is 3. The van der Waals surface area contributed by atoms with Gasteiger partial charge in [-0.25, -0.2) is 0 Å². The predicted octanol–water partition coefficient (Wildman–Crippen LogP) is 4.28. The lowest BCUT2D eigenvalue weighted by Gasteiger charge is -2.35. The summed E-state index contributed by atoms with van der Waals surface area (Å²) in [6.45, 7) is 5.33. The molecular formula is C21H24ClN5O3. The third-order valence-electron chi connectivity index (χ3n) is 5.36. The van der Waals surface area contributed by atoms with Crippen LogP contribution in [0.25, 0.3) is 11.4 Å². The van der Waals surface area contributed by atoms with Gasteiger partial charge in [-0.15, -0.1) is 0 Å². The molecule has 3 aromatic rings. The van der Waals surface area contributed by atoms with Gasteiger partial charge in [0.25, 0.3) is 0 Å². The third kappa shape index (κ3) is 4.55. The number of piperidine rings is 1. The van der Waals surface area contributed by atoms with Crippen molar-refractivity contribution in [2.45, 2.75) is 45.1 Å². The summed E-state index contributed by atoms with van der Waals surface area (Å²) >= 11 is 5.95. The van der Waals surface area contributed by atoms with E-state index in [1.807, 2.05) is 19.1 Å². The molecule has 2 aromatic heterocycles. The van der Waals surface area contributed by atoms with Gasteiger partial charge in [-0.1, -0.05) is 28.8 Å². The Morgan fingerprint density at radius 3 is 2.80 bits per heavy atom. The van der Waals surface area contributed by atoms with Crippen molar-refractivity contribution < 1.29 is 13.8 Å². The van der Waals surface area contributed by atoms with E-state index in [1.165, 1.54) is 0 Å². The fraction of sp³-hybridized carbons (Fsp3) is 0.429. The van der Waals surface area contributed by atoms with Crippen LogP contribution in [0.1, 0.15) is 43.8 Å². The smallest absolute Gasteiger partial charge is 0.242 e. The van der Waals surface area contributed by atoms with Crippen LogP contribution in [0.5, 0.6) is 0 Å². The molecule has 0 spiro atoms. The van der Waals surface area contributed by atoms with E-state index in [9.17, 15) is 4.79 Å². The number of amides is 1. The van der Waals surface area contributed by atoms with Crippen LogP contribution in [0.3, 0.4) is 0 Å². The van der Waals surface area contributed by atoms with Crippen molar-refractivity contribution in [1.82, 2.24) is 20.2 Å². The van der Waals surface area contributed by atoms with Crippen molar-refractivity contribution in [2.24, 2.45) is 0 Å². The fourth-order valence-corrected chi connectivity index (χ4v) is 3.98. The zero-order valence-electron chi connectivity index (χ0n) is 17.0. The van der Waals surface area contributed by atoms with Crippen LogP contribution < -0.4 is 5.32 Å². The quantitative estimate of drug-likeness (QED) is 0.624. The van der Waals surface area contributed by atoms with E-state index in [4.69, 9.17) is 20.6 Å². The van der Waals surface area contributed by atoms with Gasteiger partial charge in [0.1, 0.15) is 5.76 Å². The van der Waals surface area contributed by atoms with Crippen molar-refractivity contribution in [3.8, 4) is 11.4 Å². The molecule has 1 fully saturated rings.